The van der Waals surface area contributed by atoms with Crippen molar-refractivity contribution in [1.29, 1.82) is 0 Å². The van der Waals surface area contributed by atoms with Crippen molar-refractivity contribution in [3.05, 3.63) is 90.5 Å². The molecule has 224 valence electrons. The van der Waals surface area contributed by atoms with Gasteiger partial charge in [0, 0.05) is 12.6 Å². The molecule has 3 aromatic rings. The summed E-state index contributed by atoms with van der Waals surface area (Å²) < 4.78 is 32.8. The molecule has 3 aromatic carbocycles. The fourth-order valence-corrected chi connectivity index (χ4v) is 6.21. The first-order valence-electron chi connectivity index (χ1n) is 14.7. The number of para-hydroxylation sites is 1. The lowest BCUT2D eigenvalue weighted by molar-refractivity contribution is -0.140. The third-order valence-electron chi connectivity index (χ3n) is 7.60. The number of benzene rings is 3. The van der Waals surface area contributed by atoms with Gasteiger partial charge in [0.25, 0.3) is 0 Å². The molecule has 0 heterocycles. The summed E-state index contributed by atoms with van der Waals surface area (Å²) >= 11 is 0. The van der Waals surface area contributed by atoms with Gasteiger partial charge in [-0.1, -0.05) is 74.7 Å². The number of hydrogen-bond acceptors (Lipinski definition) is 5. The van der Waals surface area contributed by atoms with Crippen LogP contribution in [0, 0.1) is 0 Å². The number of ether oxygens (including phenoxy) is 1. The van der Waals surface area contributed by atoms with E-state index in [4.69, 9.17) is 4.74 Å². The monoisotopic (exact) mass is 591 g/mol. The predicted molar refractivity (Wildman–Crippen MR) is 166 cm³/mol. The minimum Gasteiger partial charge on any atom is -0.457 e. The van der Waals surface area contributed by atoms with Crippen LogP contribution >= 0.6 is 0 Å². The number of nitrogens with one attached hydrogen (secondary N) is 1. The van der Waals surface area contributed by atoms with Crippen LogP contribution < -0.4 is 14.4 Å². The lowest BCUT2D eigenvalue weighted by atomic mass is 9.95. The summed E-state index contributed by atoms with van der Waals surface area (Å²) in [6.45, 7) is 1.76. The van der Waals surface area contributed by atoms with Crippen LogP contribution in [0.15, 0.2) is 84.9 Å². The van der Waals surface area contributed by atoms with E-state index in [1.54, 1.807) is 29.2 Å². The molecule has 2 amide bonds. The predicted octanol–water partition coefficient (Wildman–Crippen LogP) is 5.54. The summed E-state index contributed by atoms with van der Waals surface area (Å²) in [6.07, 6.45) is 7.25. The molecule has 8 nitrogen and oxygen atoms in total. The largest absolute Gasteiger partial charge is 0.457 e. The van der Waals surface area contributed by atoms with Crippen LogP contribution in [0.3, 0.4) is 0 Å². The van der Waals surface area contributed by atoms with E-state index in [0.29, 0.717) is 36.6 Å². The highest BCUT2D eigenvalue weighted by Crippen LogP contribution is 2.26. The second kappa shape index (κ2) is 14.9. The van der Waals surface area contributed by atoms with Crippen LogP contribution in [0.1, 0.15) is 51.0 Å². The number of anilines is 1. The third kappa shape index (κ3) is 8.82. The molecule has 42 heavy (non-hydrogen) atoms. The lowest BCUT2D eigenvalue weighted by Crippen LogP contribution is -2.54. The van der Waals surface area contributed by atoms with Gasteiger partial charge in [-0.25, -0.2) is 8.42 Å². The average Bonchev–Trinajstić information content (AvgIpc) is 2.99. The van der Waals surface area contributed by atoms with Crippen molar-refractivity contribution in [1.82, 2.24) is 10.2 Å². The van der Waals surface area contributed by atoms with E-state index < -0.39 is 28.5 Å². The molecule has 1 saturated carbocycles. The Morgan fingerprint density at radius 2 is 1.48 bits per heavy atom. The van der Waals surface area contributed by atoms with Gasteiger partial charge in [0.1, 0.15) is 24.1 Å². The van der Waals surface area contributed by atoms with Gasteiger partial charge in [0.15, 0.2) is 0 Å². The van der Waals surface area contributed by atoms with Gasteiger partial charge in [-0.05, 0) is 67.6 Å². The van der Waals surface area contributed by atoms with Crippen LogP contribution in [-0.2, 0) is 26.0 Å². The van der Waals surface area contributed by atoms with Crippen LogP contribution in [0.2, 0.25) is 0 Å². The molecule has 4 rings (SSSR count). The van der Waals surface area contributed by atoms with Crippen LogP contribution in [0.4, 0.5) is 5.69 Å². The zero-order valence-electron chi connectivity index (χ0n) is 24.4. The molecule has 9 heteroatoms. The SMILES string of the molecule is CC[C@H](C(=O)NC1CCCCC1)N(CCc1ccccc1)C(=O)CN(c1ccc(Oc2ccccc2)cc1)S(C)(=O)=O. The molecule has 1 atom stereocenters. The third-order valence-corrected chi connectivity index (χ3v) is 8.75. The van der Waals surface area contributed by atoms with Gasteiger partial charge in [-0.3, -0.25) is 13.9 Å². The number of amides is 2. The summed E-state index contributed by atoms with van der Waals surface area (Å²) in [4.78, 5) is 29.0. The maximum atomic E-state index is 13.9. The van der Waals surface area contributed by atoms with Crippen LogP contribution in [-0.4, -0.2) is 56.6 Å². The highest BCUT2D eigenvalue weighted by molar-refractivity contribution is 7.92. The Hall–Kier alpha value is -3.85. The molecule has 0 unspecified atom stereocenters. The fourth-order valence-electron chi connectivity index (χ4n) is 5.36. The van der Waals surface area contributed by atoms with Gasteiger partial charge >= 0.3 is 0 Å². The molecule has 1 fully saturated rings. The van der Waals surface area contributed by atoms with E-state index in [1.165, 1.54) is 6.42 Å². The van der Waals surface area contributed by atoms with Crippen LogP contribution in [0.5, 0.6) is 11.5 Å². The molecule has 0 aliphatic heterocycles. The summed E-state index contributed by atoms with van der Waals surface area (Å²) in [5.74, 6) is 0.594. The van der Waals surface area contributed by atoms with Crippen molar-refractivity contribution in [2.24, 2.45) is 0 Å². The molecular weight excluding hydrogens is 550 g/mol. The Morgan fingerprint density at radius 3 is 2.07 bits per heavy atom. The lowest BCUT2D eigenvalue weighted by Gasteiger charge is -2.34. The first-order valence-corrected chi connectivity index (χ1v) is 16.5. The Balaban J connectivity index is 1.54. The highest BCUT2D eigenvalue weighted by Gasteiger charge is 2.32. The molecule has 0 saturated heterocycles. The summed E-state index contributed by atoms with van der Waals surface area (Å²) in [5.41, 5.74) is 1.38. The second-order valence-electron chi connectivity index (χ2n) is 10.8. The Kier molecular flexibility index (Phi) is 11.0. The van der Waals surface area contributed by atoms with E-state index >= 15 is 0 Å². The smallest absolute Gasteiger partial charge is 0.244 e. The van der Waals surface area contributed by atoms with E-state index in [1.807, 2.05) is 67.6 Å². The zero-order chi connectivity index (χ0) is 30.0. The Labute approximate surface area is 249 Å². The van der Waals surface area contributed by atoms with Crippen LogP contribution in [0.25, 0.3) is 0 Å². The maximum Gasteiger partial charge on any atom is 0.244 e. The zero-order valence-corrected chi connectivity index (χ0v) is 25.3. The summed E-state index contributed by atoms with van der Waals surface area (Å²) in [6, 6.07) is 25.0. The van der Waals surface area contributed by atoms with E-state index in [0.717, 1.165) is 41.8 Å². The summed E-state index contributed by atoms with van der Waals surface area (Å²) in [5, 5.41) is 3.17. The molecule has 0 bridgehead atoms. The van der Waals surface area contributed by atoms with Crippen molar-refractivity contribution in [3.63, 3.8) is 0 Å². The standard InChI is InChI=1S/C33H41N3O5S/c1-3-31(33(38)34-27-15-9-5-10-16-27)35(24-23-26-13-7-4-8-14-26)32(37)25-36(42(2,39)40)28-19-21-30(22-20-28)41-29-17-11-6-12-18-29/h4,6-8,11-14,17-22,27,31H,3,5,9-10,15-16,23-25H2,1-2H3,(H,34,38)/t31-/m1/s1. The minimum atomic E-state index is -3.82. The van der Waals surface area contributed by atoms with Gasteiger partial charge < -0.3 is 15.0 Å². The summed E-state index contributed by atoms with van der Waals surface area (Å²) in [7, 11) is -3.82. The van der Waals surface area contributed by atoms with Crippen molar-refractivity contribution in [3.8, 4) is 11.5 Å². The molecule has 0 aromatic heterocycles. The quantitative estimate of drug-likeness (QED) is 0.282. The van der Waals surface area contributed by atoms with Crippen molar-refractivity contribution >= 4 is 27.5 Å². The second-order valence-corrected chi connectivity index (χ2v) is 12.7. The molecule has 0 radical (unpaired) electrons. The Bertz CT molecular complexity index is 1390. The molecule has 1 N–H and O–H groups in total. The maximum absolute atomic E-state index is 13.9. The van der Waals surface area contributed by atoms with E-state index in [-0.39, 0.29) is 11.9 Å². The minimum absolute atomic E-state index is 0.107. The molecular formula is C33H41N3O5S. The first kappa shape index (κ1) is 31.1. The fraction of sp³-hybridized carbons (Fsp3) is 0.394. The molecule has 1 aliphatic carbocycles. The Morgan fingerprint density at radius 1 is 0.881 bits per heavy atom. The van der Waals surface area contributed by atoms with E-state index in [2.05, 4.69) is 5.32 Å². The number of hydrogen-bond donors (Lipinski definition) is 1. The van der Waals surface area contributed by atoms with Gasteiger partial charge in [0.05, 0.1) is 11.9 Å². The number of sulfonamides is 1. The van der Waals surface area contributed by atoms with Gasteiger partial charge in [-0.15, -0.1) is 0 Å². The van der Waals surface area contributed by atoms with Crippen molar-refractivity contribution in [2.45, 2.75) is 64.0 Å². The number of carbonyl (C=O) groups excluding carboxylic acids is 2. The highest BCUT2D eigenvalue weighted by atomic mass is 32.2. The van der Waals surface area contributed by atoms with Crippen molar-refractivity contribution in [2.75, 3.05) is 23.7 Å². The first-order chi connectivity index (χ1) is 20.2. The van der Waals surface area contributed by atoms with E-state index in [9.17, 15) is 18.0 Å². The number of carbonyl (C=O) groups is 2. The molecule has 0 spiro atoms. The van der Waals surface area contributed by atoms with Gasteiger partial charge in [0.2, 0.25) is 21.8 Å². The molecule has 1 aliphatic rings. The number of rotatable bonds is 13. The topological polar surface area (TPSA) is 96.0 Å². The van der Waals surface area contributed by atoms with Gasteiger partial charge in [-0.2, -0.15) is 0 Å². The van der Waals surface area contributed by atoms with Crippen molar-refractivity contribution < 1.29 is 22.7 Å². The number of nitrogens with zero attached hydrogens (tertiary/aromatic N) is 2. The average molecular weight is 592 g/mol. The normalized spacial score (nSPS) is 14.5.